The SMILES string of the molecule is CCCCCCCCCCCCCCCCCCCCCCCC(=O)OC(COC(=O)CCCCCCCCCCCCCCCCCC)COP(=O)(O)OCC[N+](C)(C)C. The minimum atomic E-state index is -4.37. The number of ether oxygens (including phenoxy) is 2. The van der Waals surface area contributed by atoms with Gasteiger partial charge in [0.25, 0.3) is 0 Å². The van der Waals surface area contributed by atoms with Gasteiger partial charge in [-0.1, -0.05) is 239 Å². The van der Waals surface area contributed by atoms with Crippen LogP contribution in [0.3, 0.4) is 0 Å². The van der Waals surface area contributed by atoms with Crippen LogP contribution in [0.15, 0.2) is 0 Å². The van der Waals surface area contributed by atoms with Gasteiger partial charge in [0.15, 0.2) is 6.10 Å². The van der Waals surface area contributed by atoms with E-state index in [4.69, 9.17) is 18.5 Å². The molecule has 0 bridgehead atoms. The molecule has 2 unspecified atom stereocenters. The lowest BCUT2D eigenvalue weighted by atomic mass is 10.0. The molecule has 0 amide bonds. The van der Waals surface area contributed by atoms with Gasteiger partial charge in [-0.3, -0.25) is 18.6 Å². The number of unbranched alkanes of at least 4 members (excludes halogenated alkanes) is 35. The lowest BCUT2D eigenvalue weighted by Gasteiger charge is -2.24. The summed E-state index contributed by atoms with van der Waals surface area (Å²) in [7, 11) is 1.50. The fourth-order valence-electron chi connectivity index (χ4n) is 7.78. The zero-order chi connectivity index (χ0) is 45.0. The molecule has 0 spiro atoms. The molecule has 0 fully saturated rings. The third-order valence-electron chi connectivity index (χ3n) is 11.9. The van der Waals surface area contributed by atoms with Crippen molar-refractivity contribution in [1.29, 1.82) is 0 Å². The number of carbonyl (C=O) groups is 2. The molecule has 0 aliphatic carbocycles. The molecule has 0 aromatic carbocycles. The van der Waals surface area contributed by atoms with Crippen molar-refractivity contribution in [1.82, 2.24) is 0 Å². The molecule has 0 saturated carbocycles. The van der Waals surface area contributed by atoms with Crippen molar-refractivity contribution in [3.8, 4) is 0 Å². The molecule has 364 valence electrons. The number of hydrogen-bond acceptors (Lipinski definition) is 7. The van der Waals surface area contributed by atoms with Gasteiger partial charge < -0.3 is 18.9 Å². The number of hydrogen-bond donors (Lipinski definition) is 1. The molecule has 0 aromatic rings. The summed E-state index contributed by atoms with van der Waals surface area (Å²) in [5.41, 5.74) is 0. The highest BCUT2D eigenvalue weighted by Crippen LogP contribution is 2.43. The van der Waals surface area contributed by atoms with Crippen LogP contribution >= 0.6 is 7.82 Å². The molecule has 0 aliphatic rings. The molecule has 1 N–H and O–H groups in total. The average Bonchev–Trinajstić information content (AvgIpc) is 3.21. The summed E-state index contributed by atoms with van der Waals surface area (Å²) in [5, 5.41) is 0. The van der Waals surface area contributed by atoms with Crippen molar-refractivity contribution in [3.63, 3.8) is 0 Å². The maximum atomic E-state index is 12.8. The first-order valence-corrected chi connectivity index (χ1v) is 27.8. The summed E-state index contributed by atoms with van der Waals surface area (Å²) in [6, 6.07) is 0. The van der Waals surface area contributed by atoms with Gasteiger partial charge in [-0.2, -0.15) is 0 Å². The second kappa shape index (κ2) is 44.2. The van der Waals surface area contributed by atoms with E-state index in [-0.39, 0.29) is 25.6 Å². The Kier molecular flexibility index (Phi) is 43.5. The number of likely N-dealkylation sites (N-methyl/N-ethyl adjacent to an activating group) is 1. The molecule has 0 saturated heterocycles. The van der Waals surface area contributed by atoms with Gasteiger partial charge in [0.05, 0.1) is 27.7 Å². The Morgan fingerprint density at radius 2 is 0.738 bits per heavy atom. The summed E-state index contributed by atoms with van der Waals surface area (Å²) in [5.74, 6) is -0.777. The lowest BCUT2D eigenvalue weighted by molar-refractivity contribution is -0.870. The molecule has 9 nitrogen and oxygen atoms in total. The Morgan fingerprint density at radius 3 is 1.05 bits per heavy atom. The summed E-state index contributed by atoms with van der Waals surface area (Å²) in [6.07, 6.45) is 47.2. The zero-order valence-electron chi connectivity index (χ0n) is 41.2. The minimum absolute atomic E-state index is 0.0372. The lowest BCUT2D eigenvalue weighted by Crippen LogP contribution is -2.37. The number of carbonyl (C=O) groups excluding carboxylic acids is 2. The van der Waals surface area contributed by atoms with Crippen molar-refractivity contribution in [2.24, 2.45) is 0 Å². The van der Waals surface area contributed by atoms with Gasteiger partial charge in [0.2, 0.25) is 0 Å². The quantitative estimate of drug-likeness (QED) is 0.0278. The number of phosphoric ester groups is 1. The van der Waals surface area contributed by atoms with Crippen molar-refractivity contribution < 1.29 is 42.1 Å². The van der Waals surface area contributed by atoms with E-state index >= 15 is 0 Å². The smallest absolute Gasteiger partial charge is 0.462 e. The normalized spacial score (nSPS) is 13.3. The standard InChI is InChI=1S/C51H102NO8P/c1-6-8-10-12-14-16-18-20-22-24-25-26-27-28-30-32-34-36-38-40-42-44-51(54)60-49(48-59-61(55,56)58-46-45-52(3,4)5)47-57-50(53)43-41-39-37-35-33-31-29-23-21-19-17-15-13-11-9-7-2/h49H,6-48H2,1-5H3/p+1. The van der Waals surface area contributed by atoms with Crippen LogP contribution in [0.5, 0.6) is 0 Å². The Hall–Kier alpha value is -0.990. The van der Waals surface area contributed by atoms with E-state index in [0.717, 1.165) is 38.5 Å². The molecule has 61 heavy (non-hydrogen) atoms. The Bertz CT molecular complexity index is 1010. The number of phosphoric acid groups is 1. The largest absolute Gasteiger partial charge is 0.472 e. The summed E-state index contributed by atoms with van der Waals surface area (Å²) in [4.78, 5) is 35.5. The first-order valence-electron chi connectivity index (χ1n) is 26.3. The number of esters is 2. The Balaban J connectivity index is 4.18. The number of quaternary nitrogens is 1. The van der Waals surface area contributed by atoms with Gasteiger partial charge in [-0.05, 0) is 12.8 Å². The molecule has 2 atom stereocenters. The summed E-state index contributed by atoms with van der Waals surface area (Å²) < 4.78 is 34.5. The molecular formula is C51H103NO8P+. The van der Waals surface area contributed by atoms with Crippen LogP contribution in [0.4, 0.5) is 0 Å². The number of nitrogens with zero attached hydrogens (tertiary/aromatic N) is 1. The molecule has 0 radical (unpaired) electrons. The Labute approximate surface area is 378 Å². The van der Waals surface area contributed by atoms with Crippen LogP contribution in [0.1, 0.15) is 264 Å². The fraction of sp³-hybridized carbons (Fsp3) is 0.961. The van der Waals surface area contributed by atoms with Gasteiger partial charge in [-0.15, -0.1) is 0 Å². The van der Waals surface area contributed by atoms with Crippen LogP contribution in [-0.4, -0.2) is 74.9 Å². The van der Waals surface area contributed by atoms with Gasteiger partial charge >= 0.3 is 19.8 Å². The Morgan fingerprint density at radius 1 is 0.443 bits per heavy atom. The summed E-state index contributed by atoms with van der Waals surface area (Å²) in [6.45, 7) is 4.49. The van der Waals surface area contributed by atoms with E-state index in [1.807, 2.05) is 21.1 Å². The minimum Gasteiger partial charge on any atom is -0.462 e. The van der Waals surface area contributed by atoms with E-state index in [1.165, 1.54) is 199 Å². The molecule has 10 heteroatoms. The first-order chi connectivity index (χ1) is 29.5. The highest BCUT2D eigenvalue weighted by Gasteiger charge is 2.27. The third kappa shape index (κ3) is 48.3. The first kappa shape index (κ1) is 60.0. The van der Waals surface area contributed by atoms with Crippen molar-refractivity contribution >= 4 is 19.8 Å². The second-order valence-corrected chi connectivity index (χ2v) is 20.7. The van der Waals surface area contributed by atoms with Crippen molar-refractivity contribution in [2.75, 3.05) is 47.5 Å². The third-order valence-corrected chi connectivity index (χ3v) is 12.9. The topological polar surface area (TPSA) is 108 Å². The monoisotopic (exact) mass is 889 g/mol. The second-order valence-electron chi connectivity index (χ2n) is 19.3. The summed E-state index contributed by atoms with van der Waals surface area (Å²) >= 11 is 0. The highest BCUT2D eigenvalue weighted by atomic mass is 31.2. The molecule has 0 aromatic heterocycles. The van der Waals surface area contributed by atoms with Gasteiger partial charge in [-0.25, -0.2) is 4.57 Å². The maximum absolute atomic E-state index is 12.8. The van der Waals surface area contributed by atoms with E-state index in [9.17, 15) is 19.0 Å². The van der Waals surface area contributed by atoms with Crippen LogP contribution in [0.2, 0.25) is 0 Å². The van der Waals surface area contributed by atoms with Gasteiger partial charge in [0.1, 0.15) is 19.8 Å². The predicted octanol–water partition coefficient (Wildman–Crippen LogP) is 15.5. The number of rotatable bonds is 49. The van der Waals surface area contributed by atoms with E-state index in [1.54, 1.807) is 0 Å². The van der Waals surface area contributed by atoms with Crippen molar-refractivity contribution in [2.45, 2.75) is 270 Å². The zero-order valence-corrected chi connectivity index (χ0v) is 42.1. The highest BCUT2D eigenvalue weighted by molar-refractivity contribution is 7.47. The predicted molar refractivity (Wildman–Crippen MR) is 257 cm³/mol. The fourth-order valence-corrected chi connectivity index (χ4v) is 8.52. The van der Waals surface area contributed by atoms with E-state index in [0.29, 0.717) is 17.4 Å². The van der Waals surface area contributed by atoms with Crippen molar-refractivity contribution in [3.05, 3.63) is 0 Å². The van der Waals surface area contributed by atoms with E-state index in [2.05, 4.69) is 13.8 Å². The van der Waals surface area contributed by atoms with Crippen LogP contribution in [0.25, 0.3) is 0 Å². The molecular weight excluding hydrogens is 786 g/mol. The maximum Gasteiger partial charge on any atom is 0.472 e. The van der Waals surface area contributed by atoms with E-state index < -0.39 is 26.5 Å². The van der Waals surface area contributed by atoms with Crippen LogP contribution in [0, 0.1) is 0 Å². The molecule has 0 heterocycles. The molecule has 0 aliphatic heterocycles. The van der Waals surface area contributed by atoms with Gasteiger partial charge in [0, 0.05) is 12.8 Å². The van der Waals surface area contributed by atoms with Crippen LogP contribution in [-0.2, 0) is 32.7 Å². The molecule has 0 rings (SSSR count). The average molecular weight is 889 g/mol. The van der Waals surface area contributed by atoms with Crippen LogP contribution < -0.4 is 0 Å².